The third-order valence-electron chi connectivity index (χ3n) is 5.79. The first-order valence-electron chi connectivity index (χ1n) is 12.4. The van der Waals surface area contributed by atoms with Crippen LogP contribution in [-0.4, -0.2) is 51.0 Å². The van der Waals surface area contributed by atoms with Gasteiger partial charge in [-0.3, -0.25) is 9.59 Å². The molecule has 0 bridgehead atoms. The van der Waals surface area contributed by atoms with E-state index in [4.69, 9.17) is 13.9 Å². The molecule has 0 saturated carbocycles. The van der Waals surface area contributed by atoms with E-state index in [-0.39, 0.29) is 24.9 Å². The summed E-state index contributed by atoms with van der Waals surface area (Å²) in [5.41, 5.74) is 1.43. The number of nitrogens with one attached hydrogen (secondary N) is 1. The van der Waals surface area contributed by atoms with Crippen LogP contribution in [0.25, 0.3) is 11.0 Å². The number of nitrogens with zero attached hydrogens (tertiary/aromatic N) is 4. The standard InChI is InChI=1S/C28H33N5O5/c1-6-37-23-14-13-19(16-24(23)36-5)26(27(35)29-28(2,3)4)32(17-20-10-9-15-38-20)25(34)18-33-22-12-8-7-11-21(22)30-31-33/h7-16,26H,6,17-18H2,1-5H3,(H,29,35). The molecular weight excluding hydrogens is 486 g/mol. The van der Waals surface area contributed by atoms with E-state index < -0.39 is 11.6 Å². The first kappa shape index (κ1) is 26.7. The van der Waals surface area contributed by atoms with Crippen molar-refractivity contribution in [2.75, 3.05) is 13.7 Å². The molecule has 1 N–H and O–H groups in total. The number of fused-ring (bicyclic) bond motifs is 1. The highest BCUT2D eigenvalue weighted by Gasteiger charge is 2.35. The number of hydrogen-bond acceptors (Lipinski definition) is 7. The van der Waals surface area contributed by atoms with Gasteiger partial charge in [-0.25, -0.2) is 4.68 Å². The predicted octanol–water partition coefficient (Wildman–Crippen LogP) is 4.12. The zero-order chi connectivity index (χ0) is 27.3. The van der Waals surface area contributed by atoms with Crippen LogP contribution in [-0.2, 0) is 22.7 Å². The number of aromatic nitrogens is 3. The zero-order valence-electron chi connectivity index (χ0n) is 22.3. The third-order valence-corrected chi connectivity index (χ3v) is 5.79. The number of carbonyl (C=O) groups excluding carboxylic acids is 2. The second kappa shape index (κ2) is 11.4. The fourth-order valence-electron chi connectivity index (χ4n) is 4.19. The quantitative estimate of drug-likeness (QED) is 0.335. The maximum Gasteiger partial charge on any atom is 0.247 e. The van der Waals surface area contributed by atoms with E-state index >= 15 is 0 Å². The zero-order valence-corrected chi connectivity index (χ0v) is 22.3. The third kappa shape index (κ3) is 6.13. The second-order valence-corrected chi connectivity index (χ2v) is 9.82. The van der Waals surface area contributed by atoms with Crippen molar-refractivity contribution < 1.29 is 23.5 Å². The molecule has 4 rings (SSSR count). The van der Waals surface area contributed by atoms with Gasteiger partial charge in [0.15, 0.2) is 11.5 Å². The summed E-state index contributed by atoms with van der Waals surface area (Å²) in [6.07, 6.45) is 1.53. The summed E-state index contributed by atoms with van der Waals surface area (Å²) in [6.45, 7) is 7.96. The van der Waals surface area contributed by atoms with E-state index in [0.29, 0.717) is 34.9 Å². The highest BCUT2D eigenvalue weighted by Crippen LogP contribution is 2.34. The van der Waals surface area contributed by atoms with Gasteiger partial charge in [-0.15, -0.1) is 5.10 Å². The number of rotatable bonds is 10. The molecule has 0 aliphatic heterocycles. The fraction of sp³-hybridized carbons (Fsp3) is 0.357. The first-order chi connectivity index (χ1) is 18.2. The van der Waals surface area contributed by atoms with Crippen molar-refractivity contribution in [2.45, 2.75) is 52.4 Å². The Labute approximate surface area is 221 Å². The van der Waals surface area contributed by atoms with E-state index in [1.165, 1.54) is 23.0 Å². The SMILES string of the molecule is CCOc1ccc(C(C(=O)NC(C)(C)C)N(Cc2ccco2)C(=O)Cn2nnc3ccccc32)cc1OC. The van der Waals surface area contributed by atoms with Crippen LogP contribution in [0.2, 0.25) is 0 Å². The van der Waals surface area contributed by atoms with Crippen molar-refractivity contribution in [3.63, 3.8) is 0 Å². The number of para-hydroxylation sites is 1. The van der Waals surface area contributed by atoms with Crippen LogP contribution >= 0.6 is 0 Å². The number of benzene rings is 2. The number of methoxy groups -OCH3 is 1. The van der Waals surface area contributed by atoms with Crippen LogP contribution in [0.5, 0.6) is 11.5 Å². The van der Waals surface area contributed by atoms with Crippen LogP contribution in [0.3, 0.4) is 0 Å². The molecule has 2 aromatic heterocycles. The van der Waals surface area contributed by atoms with Crippen molar-refractivity contribution in [2.24, 2.45) is 0 Å². The molecule has 10 nitrogen and oxygen atoms in total. The summed E-state index contributed by atoms with van der Waals surface area (Å²) in [6, 6.07) is 15.2. The molecule has 0 fully saturated rings. The number of carbonyl (C=O) groups is 2. The Bertz CT molecular complexity index is 1390. The molecule has 2 amide bonds. The van der Waals surface area contributed by atoms with Crippen molar-refractivity contribution in [3.8, 4) is 11.5 Å². The van der Waals surface area contributed by atoms with Crippen LogP contribution in [0.1, 0.15) is 45.1 Å². The van der Waals surface area contributed by atoms with E-state index in [1.807, 2.05) is 52.0 Å². The molecule has 1 atom stereocenters. The summed E-state index contributed by atoms with van der Waals surface area (Å²) < 4.78 is 18.3. The topological polar surface area (TPSA) is 112 Å². The van der Waals surface area contributed by atoms with E-state index in [9.17, 15) is 9.59 Å². The lowest BCUT2D eigenvalue weighted by atomic mass is 10.0. The highest BCUT2D eigenvalue weighted by atomic mass is 16.5. The normalized spacial score (nSPS) is 12.2. The van der Waals surface area contributed by atoms with Gasteiger partial charge in [0.1, 0.15) is 23.9 Å². The molecular formula is C28H33N5O5. The van der Waals surface area contributed by atoms with E-state index in [1.54, 1.807) is 30.3 Å². The van der Waals surface area contributed by atoms with Crippen LogP contribution in [0.15, 0.2) is 65.3 Å². The molecule has 10 heteroatoms. The smallest absolute Gasteiger partial charge is 0.247 e. The maximum absolute atomic E-state index is 13.9. The summed E-state index contributed by atoms with van der Waals surface area (Å²) in [5, 5.41) is 11.4. The molecule has 2 aromatic carbocycles. The van der Waals surface area contributed by atoms with Gasteiger partial charge in [0, 0.05) is 5.54 Å². The van der Waals surface area contributed by atoms with Crippen molar-refractivity contribution in [1.82, 2.24) is 25.2 Å². The molecule has 0 aliphatic carbocycles. The molecule has 0 spiro atoms. The van der Waals surface area contributed by atoms with Gasteiger partial charge in [0.2, 0.25) is 11.8 Å². The minimum atomic E-state index is -0.994. The van der Waals surface area contributed by atoms with Gasteiger partial charge >= 0.3 is 0 Å². The fourth-order valence-corrected chi connectivity index (χ4v) is 4.19. The summed E-state index contributed by atoms with van der Waals surface area (Å²) in [5.74, 6) is 0.872. The summed E-state index contributed by atoms with van der Waals surface area (Å²) >= 11 is 0. The van der Waals surface area contributed by atoms with Gasteiger partial charge in [0.05, 0.1) is 32.0 Å². The maximum atomic E-state index is 13.9. The van der Waals surface area contributed by atoms with Crippen LogP contribution < -0.4 is 14.8 Å². The average Bonchev–Trinajstić information content (AvgIpc) is 3.53. The Morgan fingerprint density at radius 1 is 1.11 bits per heavy atom. The monoisotopic (exact) mass is 519 g/mol. The van der Waals surface area contributed by atoms with Crippen molar-refractivity contribution >= 4 is 22.8 Å². The van der Waals surface area contributed by atoms with Gasteiger partial charge in [0.25, 0.3) is 0 Å². The Morgan fingerprint density at radius 2 is 1.89 bits per heavy atom. The Kier molecular flexibility index (Phi) is 7.99. The van der Waals surface area contributed by atoms with Crippen LogP contribution in [0.4, 0.5) is 0 Å². The number of hydrogen-bond donors (Lipinski definition) is 1. The first-order valence-corrected chi connectivity index (χ1v) is 12.4. The molecule has 0 saturated heterocycles. The summed E-state index contributed by atoms with van der Waals surface area (Å²) in [4.78, 5) is 29.3. The second-order valence-electron chi connectivity index (χ2n) is 9.82. The number of ether oxygens (including phenoxy) is 2. The Hall–Kier alpha value is -4.34. The lowest BCUT2D eigenvalue weighted by molar-refractivity contribution is -0.143. The Balaban J connectivity index is 1.78. The van der Waals surface area contributed by atoms with E-state index in [2.05, 4.69) is 15.6 Å². The molecule has 4 aromatic rings. The van der Waals surface area contributed by atoms with Gasteiger partial charge in [-0.1, -0.05) is 23.4 Å². The lowest BCUT2D eigenvalue weighted by Crippen LogP contribution is -2.49. The minimum absolute atomic E-state index is 0.0657. The lowest BCUT2D eigenvalue weighted by Gasteiger charge is -2.33. The van der Waals surface area contributed by atoms with Gasteiger partial charge in [-0.05, 0) is 69.7 Å². The van der Waals surface area contributed by atoms with Crippen molar-refractivity contribution in [3.05, 3.63) is 72.2 Å². The van der Waals surface area contributed by atoms with Gasteiger partial charge in [-0.2, -0.15) is 0 Å². The number of furan rings is 1. The molecule has 0 radical (unpaired) electrons. The predicted molar refractivity (Wildman–Crippen MR) is 142 cm³/mol. The Morgan fingerprint density at radius 3 is 2.58 bits per heavy atom. The molecule has 0 aliphatic rings. The highest BCUT2D eigenvalue weighted by molar-refractivity contribution is 5.89. The van der Waals surface area contributed by atoms with Crippen LogP contribution in [0, 0.1) is 0 Å². The largest absolute Gasteiger partial charge is 0.493 e. The average molecular weight is 520 g/mol. The van der Waals surface area contributed by atoms with E-state index in [0.717, 1.165) is 5.52 Å². The summed E-state index contributed by atoms with van der Waals surface area (Å²) in [7, 11) is 1.54. The molecule has 38 heavy (non-hydrogen) atoms. The van der Waals surface area contributed by atoms with Crippen molar-refractivity contribution in [1.29, 1.82) is 0 Å². The minimum Gasteiger partial charge on any atom is -0.493 e. The molecule has 1 unspecified atom stereocenters. The molecule has 200 valence electrons. The number of amides is 2. The van der Waals surface area contributed by atoms with Gasteiger partial charge < -0.3 is 24.1 Å². The molecule has 2 heterocycles.